The van der Waals surface area contributed by atoms with Gasteiger partial charge in [-0.1, -0.05) is 24.6 Å². The molecule has 1 aromatic carbocycles. The van der Waals surface area contributed by atoms with E-state index in [0.29, 0.717) is 36.8 Å². The number of Topliss-reactive ketones (excluding diaryl/α,β-unsaturated/α-hetero) is 1. The number of para-hydroxylation sites is 1. The standard InChI is InChI=1S/C18H25NO2/c20-18(10-5-11-21-17-8-2-1-3-9-17)14-12-15-6-4-7-16(13-14)19-15/h1-3,8-9,14-16,19H,4-7,10-13H2. The van der Waals surface area contributed by atoms with Crippen LogP contribution in [0.25, 0.3) is 0 Å². The highest BCUT2D eigenvalue weighted by molar-refractivity contribution is 5.81. The summed E-state index contributed by atoms with van der Waals surface area (Å²) in [4.78, 5) is 12.4. The number of benzene rings is 1. The maximum atomic E-state index is 12.4. The number of ketones is 1. The van der Waals surface area contributed by atoms with Crippen molar-refractivity contribution in [3.8, 4) is 5.75 Å². The quantitative estimate of drug-likeness (QED) is 0.816. The Morgan fingerprint density at radius 1 is 1.14 bits per heavy atom. The molecule has 3 rings (SSSR count). The van der Waals surface area contributed by atoms with Crippen molar-refractivity contribution in [2.24, 2.45) is 5.92 Å². The van der Waals surface area contributed by atoms with Crippen molar-refractivity contribution in [1.29, 1.82) is 0 Å². The molecule has 114 valence electrons. The van der Waals surface area contributed by atoms with E-state index in [1.54, 1.807) is 0 Å². The molecule has 2 fully saturated rings. The molecule has 2 heterocycles. The van der Waals surface area contributed by atoms with E-state index >= 15 is 0 Å². The largest absolute Gasteiger partial charge is 0.494 e. The van der Waals surface area contributed by atoms with E-state index in [1.165, 1.54) is 19.3 Å². The highest BCUT2D eigenvalue weighted by atomic mass is 16.5. The smallest absolute Gasteiger partial charge is 0.136 e. The van der Waals surface area contributed by atoms with Crippen LogP contribution in [-0.2, 0) is 4.79 Å². The Balaban J connectivity index is 1.38. The van der Waals surface area contributed by atoms with Crippen molar-refractivity contribution >= 4 is 5.78 Å². The first-order valence-electron chi connectivity index (χ1n) is 8.28. The van der Waals surface area contributed by atoms with Crippen LogP contribution in [0, 0.1) is 5.92 Å². The van der Waals surface area contributed by atoms with Crippen LogP contribution in [0.1, 0.15) is 44.9 Å². The summed E-state index contributed by atoms with van der Waals surface area (Å²) in [5, 5.41) is 3.65. The molecule has 0 aromatic heterocycles. The van der Waals surface area contributed by atoms with E-state index in [1.807, 2.05) is 30.3 Å². The number of carbonyl (C=O) groups excluding carboxylic acids is 1. The van der Waals surface area contributed by atoms with Gasteiger partial charge in [0.25, 0.3) is 0 Å². The van der Waals surface area contributed by atoms with E-state index in [0.717, 1.165) is 25.0 Å². The lowest BCUT2D eigenvalue weighted by molar-refractivity contribution is -0.124. The van der Waals surface area contributed by atoms with Gasteiger partial charge < -0.3 is 10.1 Å². The molecule has 2 unspecified atom stereocenters. The Morgan fingerprint density at radius 3 is 2.57 bits per heavy atom. The normalized spacial score (nSPS) is 28.1. The number of rotatable bonds is 6. The second-order valence-corrected chi connectivity index (χ2v) is 6.39. The van der Waals surface area contributed by atoms with Crippen molar-refractivity contribution in [1.82, 2.24) is 5.32 Å². The Hall–Kier alpha value is -1.35. The summed E-state index contributed by atoms with van der Waals surface area (Å²) in [5.41, 5.74) is 0. The summed E-state index contributed by atoms with van der Waals surface area (Å²) in [6.07, 6.45) is 7.41. The number of nitrogens with one attached hydrogen (secondary N) is 1. The molecule has 1 aromatic rings. The van der Waals surface area contributed by atoms with Crippen LogP contribution in [0.4, 0.5) is 0 Å². The predicted molar refractivity (Wildman–Crippen MR) is 83.5 cm³/mol. The molecule has 0 saturated carbocycles. The molecular formula is C18H25NO2. The second-order valence-electron chi connectivity index (χ2n) is 6.39. The molecule has 0 radical (unpaired) electrons. The van der Waals surface area contributed by atoms with Crippen molar-refractivity contribution in [3.63, 3.8) is 0 Å². The second kappa shape index (κ2) is 7.08. The average Bonchev–Trinajstić information content (AvgIpc) is 2.52. The van der Waals surface area contributed by atoms with Gasteiger partial charge >= 0.3 is 0 Å². The Labute approximate surface area is 127 Å². The summed E-state index contributed by atoms with van der Waals surface area (Å²) in [6, 6.07) is 11.0. The first-order chi connectivity index (χ1) is 10.3. The summed E-state index contributed by atoms with van der Waals surface area (Å²) in [6.45, 7) is 0.633. The van der Waals surface area contributed by atoms with E-state index in [-0.39, 0.29) is 0 Å². The molecule has 1 N–H and O–H groups in total. The number of carbonyl (C=O) groups is 1. The number of piperidine rings is 2. The molecule has 2 aliphatic heterocycles. The monoisotopic (exact) mass is 287 g/mol. The molecule has 0 aliphatic carbocycles. The Kier molecular flexibility index (Phi) is 4.91. The minimum absolute atomic E-state index is 0.290. The summed E-state index contributed by atoms with van der Waals surface area (Å²) in [7, 11) is 0. The molecule has 21 heavy (non-hydrogen) atoms. The summed E-state index contributed by atoms with van der Waals surface area (Å²) < 4.78 is 5.65. The fourth-order valence-electron chi connectivity index (χ4n) is 3.69. The minimum atomic E-state index is 0.290. The average molecular weight is 287 g/mol. The summed E-state index contributed by atoms with van der Waals surface area (Å²) >= 11 is 0. The molecule has 0 spiro atoms. The van der Waals surface area contributed by atoms with Gasteiger partial charge in [0, 0.05) is 24.4 Å². The third-order valence-corrected chi connectivity index (χ3v) is 4.75. The Morgan fingerprint density at radius 2 is 1.86 bits per heavy atom. The van der Waals surface area contributed by atoms with Crippen LogP contribution >= 0.6 is 0 Å². The maximum Gasteiger partial charge on any atom is 0.136 e. The fraction of sp³-hybridized carbons (Fsp3) is 0.611. The molecule has 3 heteroatoms. The molecule has 3 nitrogen and oxygen atoms in total. The van der Waals surface area contributed by atoms with Crippen molar-refractivity contribution < 1.29 is 9.53 Å². The topological polar surface area (TPSA) is 38.3 Å². The third-order valence-electron chi connectivity index (χ3n) is 4.75. The first kappa shape index (κ1) is 14.6. The lowest BCUT2D eigenvalue weighted by Crippen LogP contribution is -2.50. The zero-order valence-corrected chi connectivity index (χ0v) is 12.6. The number of ether oxygens (including phenoxy) is 1. The molecule has 2 saturated heterocycles. The maximum absolute atomic E-state index is 12.4. The molecule has 0 amide bonds. The van der Waals surface area contributed by atoms with Gasteiger partial charge in [0.15, 0.2) is 0 Å². The minimum Gasteiger partial charge on any atom is -0.494 e. The molecule has 2 aliphatic rings. The van der Waals surface area contributed by atoms with E-state index in [9.17, 15) is 4.79 Å². The Bertz CT molecular complexity index is 448. The van der Waals surface area contributed by atoms with Crippen LogP contribution in [-0.4, -0.2) is 24.5 Å². The van der Waals surface area contributed by atoms with Gasteiger partial charge in [-0.05, 0) is 44.2 Å². The van der Waals surface area contributed by atoms with Gasteiger partial charge in [0.2, 0.25) is 0 Å². The van der Waals surface area contributed by atoms with Gasteiger partial charge in [0.05, 0.1) is 6.61 Å². The van der Waals surface area contributed by atoms with E-state index in [4.69, 9.17) is 4.74 Å². The van der Waals surface area contributed by atoms with Gasteiger partial charge in [-0.15, -0.1) is 0 Å². The number of fused-ring (bicyclic) bond motifs is 2. The van der Waals surface area contributed by atoms with E-state index in [2.05, 4.69) is 5.32 Å². The van der Waals surface area contributed by atoms with Crippen molar-refractivity contribution in [2.45, 2.75) is 57.0 Å². The van der Waals surface area contributed by atoms with Gasteiger partial charge in [-0.3, -0.25) is 4.79 Å². The lowest BCUT2D eigenvalue weighted by Gasteiger charge is -2.39. The molecular weight excluding hydrogens is 262 g/mol. The zero-order valence-electron chi connectivity index (χ0n) is 12.6. The first-order valence-corrected chi connectivity index (χ1v) is 8.28. The predicted octanol–water partition coefficient (Wildman–Crippen LogP) is 3.34. The van der Waals surface area contributed by atoms with Gasteiger partial charge in [0.1, 0.15) is 11.5 Å². The van der Waals surface area contributed by atoms with Crippen LogP contribution in [0.15, 0.2) is 30.3 Å². The van der Waals surface area contributed by atoms with Crippen LogP contribution in [0.2, 0.25) is 0 Å². The highest BCUT2D eigenvalue weighted by Crippen LogP contribution is 2.30. The lowest BCUT2D eigenvalue weighted by atomic mass is 9.78. The summed E-state index contributed by atoms with van der Waals surface area (Å²) in [5.74, 6) is 1.63. The van der Waals surface area contributed by atoms with Crippen molar-refractivity contribution in [2.75, 3.05) is 6.61 Å². The van der Waals surface area contributed by atoms with Crippen LogP contribution in [0.5, 0.6) is 5.75 Å². The zero-order chi connectivity index (χ0) is 14.5. The van der Waals surface area contributed by atoms with E-state index < -0.39 is 0 Å². The van der Waals surface area contributed by atoms with Gasteiger partial charge in [-0.25, -0.2) is 0 Å². The molecule has 2 bridgehead atoms. The number of hydrogen-bond donors (Lipinski definition) is 1. The molecule has 2 atom stereocenters. The fourth-order valence-corrected chi connectivity index (χ4v) is 3.69. The van der Waals surface area contributed by atoms with Crippen LogP contribution in [0.3, 0.4) is 0 Å². The van der Waals surface area contributed by atoms with Gasteiger partial charge in [-0.2, -0.15) is 0 Å². The number of hydrogen-bond acceptors (Lipinski definition) is 3. The third kappa shape index (κ3) is 4.07. The van der Waals surface area contributed by atoms with Crippen LogP contribution < -0.4 is 10.1 Å². The highest BCUT2D eigenvalue weighted by Gasteiger charge is 2.33. The SMILES string of the molecule is O=C(CCCOc1ccccc1)C1CC2CCCC(C1)N2. The van der Waals surface area contributed by atoms with Crippen molar-refractivity contribution in [3.05, 3.63) is 30.3 Å².